The molecule has 124 valence electrons. The molecule has 2 aliphatic rings. The number of nitrogens with one attached hydrogen (secondary N) is 2. The van der Waals surface area contributed by atoms with Crippen LogP contribution in [-0.4, -0.2) is 24.0 Å². The number of rotatable bonds is 3. The number of hydrogen-bond donors (Lipinski definition) is 4. The fraction of sp³-hybridized carbons (Fsp3) is 0.529. The minimum atomic E-state index is -0.640. The number of fused-ring (bicyclic) bond motifs is 2. The minimum Gasteiger partial charge on any atom is -0.351 e. The van der Waals surface area contributed by atoms with Crippen molar-refractivity contribution in [3.05, 3.63) is 29.8 Å². The van der Waals surface area contributed by atoms with Gasteiger partial charge in [0.2, 0.25) is 0 Å². The molecule has 0 spiro atoms. The summed E-state index contributed by atoms with van der Waals surface area (Å²) in [4.78, 5) is 23.5. The van der Waals surface area contributed by atoms with Gasteiger partial charge in [-0.05, 0) is 55.7 Å². The third-order valence-corrected chi connectivity index (χ3v) is 5.07. The van der Waals surface area contributed by atoms with E-state index in [-0.39, 0.29) is 18.0 Å². The Morgan fingerprint density at radius 2 is 1.83 bits per heavy atom. The van der Waals surface area contributed by atoms with Crippen molar-refractivity contribution in [3.8, 4) is 0 Å². The Labute approximate surface area is 136 Å². The lowest BCUT2D eigenvalue weighted by Gasteiger charge is -2.45. The quantitative estimate of drug-likeness (QED) is 0.682. The van der Waals surface area contributed by atoms with E-state index < -0.39 is 6.03 Å². The van der Waals surface area contributed by atoms with Crippen LogP contribution >= 0.6 is 0 Å². The lowest BCUT2D eigenvalue weighted by Crippen LogP contribution is -2.53. The highest BCUT2D eigenvalue weighted by atomic mass is 16.2. The van der Waals surface area contributed by atoms with E-state index in [1.165, 1.54) is 6.42 Å². The van der Waals surface area contributed by atoms with Crippen molar-refractivity contribution in [2.75, 3.05) is 5.32 Å². The van der Waals surface area contributed by atoms with Gasteiger partial charge in [-0.2, -0.15) is 0 Å². The van der Waals surface area contributed by atoms with Gasteiger partial charge in [0.15, 0.2) is 0 Å². The normalized spacial score (nSPS) is 29.6. The van der Waals surface area contributed by atoms with Crippen LogP contribution in [0.5, 0.6) is 0 Å². The molecule has 0 aromatic heterocycles. The first-order valence-corrected chi connectivity index (χ1v) is 8.26. The molecule has 2 bridgehead atoms. The number of carbonyl (C=O) groups excluding carboxylic acids is 2. The number of nitrogens with two attached hydrogens (primary N) is 2. The average Bonchev–Trinajstić information content (AvgIpc) is 2.47. The van der Waals surface area contributed by atoms with Crippen LogP contribution in [-0.2, 0) is 0 Å². The maximum atomic E-state index is 12.6. The number of hydrogen-bond acceptors (Lipinski definition) is 3. The number of benzene rings is 1. The largest absolute Gasteiger partial charge is 0.351 e. The van der Waals surface area contributed by atoms with Gasteiger partial charge in [-0.15, -0.1) is 0 Å². The standard InChI is InChI=1S/C17H24N4O2/c18-13-7-10-3-1-4-11(8-13)15(10)21-16(22)12-5-2-6-14(9-12)20-17(19)23/h2,5-6,9-11,13,15H,1,3-4,7-8,18H2,(H,21,22)(H3,19,20,23). The van der Waals surface area contributed by atoms with Gasteiger partial charge in [-0.3, -0.25) is 4.79 Å². The fourth-order valence-corrected chi connectivity index (χ4v) is 4.14. The Kier molecular flexibility index (Phi) is 4.52. The second-order valence-electron chi connectivity index (χ2n) is 6.75. The first kappa shape index (κ1) is 15.8. The lowest BCUT2D eigenvalue weighted by atomic mass is 9.67. The summed E-state index contributed by atoms with van der Waals surface area (Å²) in [6.07, 6.45) is 5.48. The molecule has 0 aliphatic heterocycles. The summed E-state index contributed by atoms with van der Waals surface area (Å²) in [5.74, 6) is 0.859. The van der Waals surface area contributed by atoms with Crippen LogP contribution in [0.1, 0.15) is 42.5 Å². The second kappa shape index (κ2) is 6.58. The lowest BCUT2D eigenvalue weighted by molar-refractivity contribution is 0.0756. The molecule has 6 nitrogen and oxygen atoms in total. The van der Waals surface area contributed by atoms with Crippen LogP contribution < -0.4 is 22.1 Å². The summed E-state index contributed by atoms with van der Waals surface area (Å²) in [5.41, 5.74) is 12.3. The van der Waals surface area contributed by atoms with Crippen molar-refractivity contribution in [2.45, 2.75) is 44.2 Å². The monoisotopic (exact) mass is 316 g/mol. The minimum absolute atomic E-state index is 0.101. The highest BCUT2D eigenvalue weighted by Gasteiger charge is 2.39. The van der Waals surface area contributed by atoms with Crippen molar-refractivity contribution in [3.63, 3.8) is 0 Å². The van der Waals surface area contributed by atoms with Gasteiger partial charge in [0, 0.05) is 23.3 Å². The molecule has 1 aromatic rings. The van der Waals surface area contributed by atoms with Crippen molar-refractivity contribution >= 4 is 17.6 Å². The van der Waals surface area contributed by atoms with Crippen LogP contribution in [0.25, 0.3) is 0 Å². The fourth-order valence-electron chi connectivity index (χ4n) is 4.14. The number of anilines is 1. The highest BCUT2D eigenvalue weighted by molar-refractivity contribution is 5.96. The Morgan fingerprint density at radius 3 is 2.48 bits per heavy atom. The van der Waals surface area contributed by atoms with Gasteiger partial charge in [-0.1, -0.05) is 12.5 Å². The Hall–Kier alpha value is -2.08. The molecular formula is C17H24N4O2. The summed E-state index contributed by atoms with van der Waals surface area (Å²) < 4.78 is 0. The molecule has 2 fully saturated rings. The number of carbonyl (C=O) groups is 2. The first-order chi connectivity index (χ1) is 11.0. The molecule has 0 radical (unpaired) electrons. The van der Waals surface area contributed by atoms with Gasteiger partial charge in [0.25, 0.3) is 5.91 Å². The van der Waals surface area contributed by atoms with Crippen LogP contribution in [0.4, 0.5) is 10.5 Å². The number of amides is 3. The van der Waals surface area contributed by atoms with Gasteiger partial charge in [0.1, 0.15) is 0 Å². The molecule has 3 rings (SSSR count). The summed E-state index contributed by atoms with van der Waals surface area (Å²) in [6, 6.07) is 6.66. The molecular weight excluding hydrogens is 292 g/mol. The van der Waals surface area contributed by atoms with Crippen LogP contribution in [0, 0.1) is 11.8 Å². The average molecular weight is 316 g/mol. The highest BCUT2D eigenvalue weighted by Crippen LogP contribution is 2.39. The van der Waals surface area contributed by atoms with Crippen LogP contribution in [0.3, 0.4) is 0 Å². The molecule has 0 heterocycles. The molecule has 2 atom stereocenters. The zero-order valence-electron chi connectivity index (χ0n) is 13.1. The maximum Gasteiger partial charge on any atom is 0.316 e. The number of urea groups is 1. The van der Waals surface area contributed by atoms with Gasteiger partial charge >= 0.3 is 6.03 Å². The van der Waals surface area contributed by atoms with Gasteiger partial charge in [-0.25, -0.2) is 4.79 Å². The van der Waals surface area contributed by atoms with Crippen molar-refractivity contribution in [1.82, 2.24) is 5.32 Å². The zero-order chi connectivity index (χ0) is 16.4. The van der Waals surface area contributed by atoms with Crippen molar-refractivity contribution in [1.29, 1.82) is 0 Å². The summed E-state index contributed by atoms with van der Waals surface area (Å²) in [5, 5.41) is 5.69. The van der Waals surface area contributed by atoms with E-state index in [2.05, 4.69) is 10.6 Å². The molecule has 23 heavy (non-hydrogen) atoms. The van der Waals surface area contributed by atoms with E-state index in [0.29, 0.717) is 23.1 Å². The summed E-state index contributed by atoms with van der Waals surface area (Å²) in [6.45, 7) is 0. The third kappa shape index (κ3) is 3.64. The SMILES string of the molecule is NC(=O)Nc1cccc(C(=O)NC2C3CCCC2CC(N)C3)c1. The van der Waals surface area contributed by atoms with E-state index in [4.69, 9.17) is 11.5 Å². The Balaban J connectivity index is 1.70. The van der Waals surface area contributed by atoms with E-state index in [9.17, 15) is 9.59 Å². The number of primary amides is 1. The maximum absolute atomic E-state index is 12.6. The smallest absolute Gasteiger partial charge is 0.316 e. The molecule has 2 saturated carbocycles. The topological polar surface area (TPSA) is 110 Å². The summed E-state index contributed by atoms with van der Waals surface area (Å²) in [7, 11) is 0. The summed E-state index contributed by atoms with van der Waals surface area (Å²) >= 11 is 0. The van der Waals surface area contributed by atoms with E-state index in [0.717, 1.165) is 25.7 Å². The predicted octanol–water partition coefficient (Wildman–Crippen LogP) is 1.81. The molecule has 0 saturated heterocycles. The molecule has 2 unspecified atom stereocenters. The van der Waals surface area contributed by atoms with Crippen LogP contribution in [0.2, 0.25) is 0 Å². The van der Waals surface area contributed by atoms with Crippen LogP contribution in [0.15, 0.2) is 24.3 Å². The van der Waals surface area contributed by atoms with Gasteiger partial charge < -0.3 is 22.1 Å². The van der Waals surface area contributed by atoms with Gasteiger partial charge in [0.05, 0.1) is 0 Å². The van der Waals surface area contributed by atoms with E-state index in [1.807, 2.05) is 0 Å². The molecule has 6 N–H and O–H groups in total. The van der Waals surface area contributed by atoms with Crippen molar-refractivity contribution in [2.24, 2.45) is 23.3 Å². The Bertz CT molecular complexity index is 590. The zero-order valence-corrected chi connectivity index (χ0v) is 13.1. The first-order valence-electron chi connectivity index (χ1n) is 8.26. The molecule has 1 aromatic carbocycles. The second-order valence-corrected chi connectivity index (χ2v) is 6.75. The predicted molar refractivity (Wildman–Crippen MR) is 88.9 cm³/mol. The molecule has 6 heteroatoms. The Morgan fingerprint density at radius 1 is 1.13 bits per heavy atom. The molecule has 3 amide bonds. The molecule has 2 aliphatic carbocycles. The third-order valence-electron chi connectivity index (χ3n) is 5.07. The van der Waals surface area contributed by atoms with E-state index >= 15 is 0 Å². The van der Waals surface area contributed by atoms with E-state index in [1.54, 1.807) is 24.3 Å². The van der Waals surface area contributed by atoms with Crippen molar-refractivity contribution < 1.29 is 9.59 Å².